The third kappa shape index (κ3) is 3.96. The minimum absolute atomic E-state index is 0.137. The fourth-order valence-electron chi connectivity index (χ4n) is 5.62. The number of ether oxygens (including phenoxy) is 2. The van der Waals surface area contributed by atoms with Crippen LogP contribution in [0.25, 0.3) is 0 Å². The summed E-state index contributed by atoms with van der Waals surface area (Å²) in [6, 6.07) is 5.88. The topological polar surface area (TPSA) is 96.4 Å². The molecule has 3 fully saturated rings. The summed E-state index contributed by atoms with van der Waals surface area (Å²) in [6.45, 7) is 5.92. The monoisotopic (exact) mass is 554 g/mol. The summed E-state index contributed by atoms with van der Waals surface area (Å²) in [6.07, 6.45) is 1.74. The van der Waals surface area contributed by atoms with Crippen molar-refractivity contribution in [2.45, 2.75) is 42.3 Å². The number of fused-ring (bicyclic) bond motifs is 1. The summed E-state index contributed by atoms with van der Waals surface area (Å²) in [5.41, 5.74) is -0.570. The van der Waals surface area contributed by atoms with Crippen molar-refractivity contribution in [2.75, 3.05) is 31.2 Å². The maximum absolute atomic E-state index is 14.2. The molecule has 1 aromatic rings. The molecule has 3 heterocycles. The molecule has 3 saturated heterocycles. The molecule has 4 rings (SSSR count). The molecular formula is C24H28BrClN2O6. The van der Waals surface area contributed by atoms with Crippen molar-refractivity contribution >= 4 is 51.0 Å². The maximum Gasteiger partial charge on any atom is 0.312 e. The van der Waals surface area contributed by atoms with E-state index in [1.807, 2.05) is 0 Å². The third-order valence-corrected chi connectivity index (χ3v) is 7.95. The number of aliphatic hydroxyl groups is 1. The van der Waals surface area contributed by atoms with E-state index in [2.05, 4.69) is 22.5 Å². The molecule has 10 heteroatoms. The SMILES string of the molecule is C=CCN(C(=O)C1N(CCCO)C(=O)[C@@H]2[C@@H](C(=O)OCC)[C@@H]3OC12CC3Br)c1ccc(Cl)cc1. The molecule has 0 radical (unpaired) electrons. The van der Waals surface area contributed by atoms with Gasteiger partial charge in [-0.2, -0.15) is 0 Å². The van der Waals surface area contributed by atoms with Gasteiger partial charge in [-0.05, 0) is 44.0 Å². The zero-order valence-corrected chi connectivity index (χ0v) is 21.2. The van der Waals surface area contributed by atoms with Crippen LogP contribution in [0, 0.1) is 11.8 Å². The zero-order chi connectivity index (χ0) is 24.6. The number of carbonyl (C=O) groups excluding carboxylic acids is 3. The van der Waals surface area contributed by atoms with Crippen LogP contribution in [-0.4, -0.2) is 76.7 Å². The first-order valence-electron chi connectivity index (χ1n) is 11.4. The molecule has 8 nitrogen and oxygen atoms in total. The van der Waals surface area contributed by atoms with Crippen LogP contribution in [-0.2, 0) is 23.9 Å². The van der Waals surface area contributed by atoms with E-state index in [0.29, 0.717) is 23.6 Å². The molecule has 2 amide bonds. The molecule has 0 aliphatic carbocycles. The number of amides is 2. The molecule has 3 aliphatic rings. The minimum atomic E-state index is -1.17. The maximum atomic E-state index is 14.2. The number of alkyl halides is 1. The van der Waals surface area contributed by atoms with Crippen molar-refractivity contribution in [3.8, 4) is 0 Å². The van der Waals surface area contributed by atoms with Gasteiger partial charge >= 0.3 is 5.97 Å². The number of nitrogens with zero attached hydrogens (tertiary/aromatic N) is 2. The van der Waals surface area contributed by atoms with E-state index in [1.165, 1.54) is 4.90 Å². The predicted molar refractivity (Wildman–Crippen MR) is 130 cm³/mol. The summed E-state index contributed by atoms with van der Waals surface area (Å²) in [4.78, 5) is 43.6. The number of likely N-dealkylation sites (tertiary alicyclic amines) is 1. The Hall–Kier alpha value is -1.94. The van der Waals surface area contributed by atoms with Gasteiger partial charge in [-0.1, -0.05) is 33.6 Å². The molecule has 1 N–H and O–H groups in total. The molecule has 3 aliphatic heterocycles. The van der Waals surface area contributed by atoms with Crippen LogP contribution in [0.15, 0.2) is 36.9 Å². The van der Waals surface area contributed by atoms with E-state index in [9.17, 15) is 19.5 Å². The van der Waals surface area contributed by atoms with Gasteiger partial charge in [0.2, 0.25) is 5.91 Å². The van der Waals surface area contributed by atoms with Gasteiger partial charge < -0.3 is 24.4 Å². The van der Waals surface area contributed by atoms with Gasteiger partial charge in [0.05, 0.1) is 24.5 Å². The van der Waals surface area contributed by atoms with Gasteiger partial charge in [-0.3, -0.25) is 14.4 Å². The van der Waals surface area contributed by atoms with E-state index < -0.39 is 35.6 Å². The number of hydrogen-bond acceptors (Lipinski definition) is 6. The van der Waals surface area contributed by atoms with Crippen molar-refractivity contribution in [1.29, 1.82) is 0 Å². The summed E-state index contributed by atoms with van der Waals surface area (Å²) < 4.78 is 11.7. The summed E-state index contributed by atoms with van der Waals surface area (Å²) >= 11 is 9.66. The van der Waals surface area contributed by atoms with Gasteiger partial charge in [0.15, 0.2) is 0 Å². The van der Waals surface area contributed by atoms with Crippen LogP contribution in [0.3, 0.4) is 0 Å². The lowest BCUT2D eigenvalue weighted by Gasteiger charge is -2.37. The van der Waals surface area contributed by atoms with E-state index in [1.54, 1.807) is 42.2 Å². The third-order valence-electron chi connectivity index (χ3n) is 6.85. The lowest BCUT2D eigenvalue weighted by molar-refractivity contribution is -0.154. The molecule has 6 atom stereocenters. The highest BCUT2D eigenvalue weighted by atomic mass is 79.9. The van der Waals surface area contributed by atoms with Crippen molar-refractivity contribution in [2.24, 2.45) is 11.8 Å². The van der Waals surface area contributed by atoms with Crippen LogP contribution in [0.5, 0.6) is 0 Å². The summed E-state index contributed by atoms with van der Waals surface area (Å²) in [7, 11) is 0. The molecular weight excluding hydrogens is 528 g/mol. The van der Waals surface area contributed by atoms with Gasteiger partial charge in [0.1, 0.15) is 11.6 Å². The fourth-order valence-corrected chi connectivity index (χ4v) is 6.69. The zero-order valence-electron chi connectivity index (χ0n) is 18.9. The average Bonchev–Trinajstić information content (AvgIpc) is 3.40. The minimum Gasteiger partial charge on any atom is -0.466 e. The highest BCUT2D eigenvalue weighted by Gasteiger charge is 2.77. The highest BCUT2D eigenvalue weighted by molar-refractivity contribution is 9.09. The lowest BCUT2D eigenvalue weighted by Crippen LogP contribution is -2.57. The molecule has 1 aromatic carbocycles. The highest BCUT2D eigenvalue weighted by Crippen LogP contribution is 2.60. The number of halogens is 2. The largest absolute Gasteiger partial charge is 0.466 e. The molecule has 34 heavy (non-hydrogen) atoms. The number of anilines is 1. The standard InChI is InChI=1S/C24H28BrClN2O6/c1-3-10-27(15-8-6-14(26)7-9-15)22(31)20-24-13-16(25)19(34-24)17(23(32)33-4-2)18(24)21(30)28(20)11-5-12-29/h3,6-9,16-20,29H,1,4-5,10-13H2,2H3/t16?,17-,18+,19-,20?,24?/m1/s1. The second-order valence-corrected chi connectivity index (χ2v) is 10.4. The molecule has 2 bridgehead atoms. The van der Waals surface area contributed by atoms with Crippen LogP contribution in [0.4, 0.5) is 5.69 Å². The van der Waals surface area contributed by atoms with Gasteiger partial charge in [-0.25, -0.2) is 0 Å². The number of aliphatic hydroxyl groups excluding tert-OH is 1. The van der Waals surface area contributed by atoms with E-state index in [-0.39, 0.29) is 42.9 Å². The average molecular weight is 556 g/mol. The van der Waals surface area contributed by atoms with Gasteiger partial charge in [-0.15, -0.1) is 6.58 Å². The Morgan fingerprint density at radius 2 is 2.12 bits per heavy atom. The second kappa shape index (κ2) is 9.97. The van der Waals surface area contributed by atoms with Crippen LogP contribution in [0.2, 0.25) is 5.02 Å². The molecule has 184 valence electrons. The molecule has 1 spiro atoms. The van der Waals surface area contributed by atoms with Crippen LogP contribution < -0.4 is 4.90 Å². The Morgan fingerprint density at radius 3 is 2.74 bits per heavy atom. The van der Waals surface area contributed by atoms with E-state index >= 15 is 0 Å². The van der Waals surface area contributed by atoms with Crippen LogP contribution in [0.1, 0.15) is 19.8 Å². The Balaban J connectivity index is 1.78. The number of carbonyl (C=O) groups is 3. The normalized spacial score (nSPS) is 31.5. The number of rotatable bonds is 9. The first kappa shape index (κ1) is 25.2. The Morgan fingerprint density at radius 1 is 1.41 bits per heavy atom. The quantitative estimate of drug-likeness (QED) is 0.286. The summed E-state index contributed by atoms with van der Waals surface area (Å²) in [5.74, 6) is -2.77. The molecule has 0 aromatic heterocycles. The van der Waals surface area contributed by atoms with Gasteiger partial charge in [0.25, 0.3) is 5.91 Å². The van der Waals surface area contributed by atoms with Crippen molar-refractivity contribution < 1.29 is 29.0 Å². The van der Waals surface area contributed by atoms with E-state index in [4.69, 9.17) is 21.1 Å². The Labute approximate surface area is 211 Å². The first-order valence-corrected chi connectivity index (χ1v) is 12.7. The number of hydrogen-bond donors (Lipinski definition) is 1. The summed E-state index contributed by atoms with van der Waals surface area (Å²) in [5, 5.41) is 9.98. The van der Waals surface area contributed by atoms with Crippen LogP contribution >= 0.6 is 27.5 Å². The molecule has 0 saturated carbocycles. The molecule has 3 unspecified atom stereocenters. The number of benzene rings is 1. The van der Waals surface area contributed by atoms with Crippen molar-refractivity contribution in [1.82, 2.24) is 4.90 Å². The fraction of sp³-hybridized carbons (Fsp3) is 0.542. The van der Waals surface area contributed by atoms with Crippen molar-refractivity contribution in [3.63, 3.8) is 0 Å². The second-order valence-electron chi connectivity index (χ2n) is 8.74. The lowest BCUT2D eigenvalue weighted by atomic mass is 9.70. The smallest absolute Gasteiger partial charge is 0.312 e. The Bertz CT molecular complexity index is 975. The predicted octanol–water partition coefficient (Wildman–Crippen LogP) is 2.55. The first-order chi connectivity index (χ1) is 16.3. The van der Waals surface area contributed by atoms with Crippen molar-refractivity contribution in [3.05, 3.63) is 41.9 Å². The van der Waals surface area contributed by atoms with E-state index in [0.717, 1.165) is 0 Å². The number of esters is 1. The Kier molecular flexibility index (Phi) is 7.38. The van der Waals surface area contributed by atoms with Gasteiger partial charge in [0, 0.05) is 35.2 Å².